The molecule has 3 unspecified atom stereocenters. The number of carbonyl (C=O) groups excluding carboxylic acids is 1. The summed E-state index contributed by atoms with van der Waals surface area (Å²) in [6, 6.07) is 0.215. The normalized spacial score (nSPS) is 42.4. The van der Waals surface area contributed by atoms with Crippen LogP contribution in [0.1, 0.15) is 40.5 Å². The Bertz CT molecular complexity index is 348. The van der Waals surface area contributed by atoms with Gasteiger partial charge in [0.05, 0.1) is 11.0 Å². The van der Waals surface area contributed by atoms with Gasteiger partial charge in [-0.2, -0.15) is 0 Å². The molecule has 0 aromatic carbocycles. The minimum Gasteiger partial charge on any atom is -0.378 e. The lowest BCUT2D eigenvalue weighted by molar-refractivity contribution is -0.184. The maximum atomic E-state index is 12.4. The van der Waals surface area contributed by atoms with E-state index >= 15 is 0 Å². The van der Waals surface area contributed by atoms with E-state index in [2.05, 4.69) is 31.4 Å². The van der Waals surface area contributed by atoms with Gasteiger partial charge in [-0.15, -0.1) is 0 Å². The first kappa shape index (κ1) is 13.8. The molecule has 0 radical (unpaired) electrons. The first-order valence-corrected chi connectivity index (χ1v) is 6.82. The number of nitrogens with one attached hydrogen (secondary N) is 2. The van der Waals surface area contributed by atoms with Gasteiger partial charge in [-0.25, -0.2) is 0 Å². The predicted molar refractivity (Wildman–Crippen MR) is 71.3 cm³/mol. The second-order valence-corrected chi connectivity index (χ2v) is 6.87. The highest BCUT2D eigenvalue weighted by atomic mass is 16.5. The molecule has 0 bridgehead atoms. The van der Waals surface area contributed by atoms with Crippen molar-refractivity contribution in [2.24, 2.45) is 10.8 Å². The fourth-order valence-corrected chi connectivity index (χ4v) is 3.07. The number of hydrogen-bond acceptors (Lipinski definition) is 3. The molecule has 0 aromatic heterocycles. The van der Waals surface area contributed by atoms with E-state index in [0.29, 0.717) is 0 Å². The summed E-state index contributed by atoms with van der Waals surface area (Å²) in [5, 5.41) is 6.49. The van der Waals surface area contributed by atoms with Gasteiger partial charge in [-0.3, -0.25) is 4.79 Å². The Hall–Kier alpha value is -0.610. The molecule has 2 aliphatic rings. The van der Waals surface area contributed by atoms with Crippen LogP contribution in [0.2, 0.25) is 0 Å². The van der Waals surface area contributed by atoms with E-state index in [1.54, 1.807) is 7.11 Å². The van der Waals surface area contributed by atoms with Gasteiger partial charge in [-0.05, 0) is 33.2 Å². The summed E-state index contributed by atoms with van der Waals surface area (Å²) in [6.45, 7) is 10.2. The smallest absolute Gasteiger partial charge is 0.227 e. The zero-order valence-electron chi connectivity index (χ0n) is 12.2. The number of hydrogen-bond donors (Lipinski definition) is 2. The Labute approximate surface area is 110 Å². The SMILES string of the molecule is COC1(C)CC(NC(=O)C2(C)CCNC2)C1(C)C. The predicted octanol–water partition coefficient (Wildman–Crippen LogP) is 1.31. The largest absolute Gasteiger partial charge is 0.378 e. The molecular formula is C14H26N2O2. The molecule has 1 heterocycles. The standard InChI is InChI=1S/C14H26N2O2/c1-12(2)10(8-14(12,4)18-5)16-11(17)13(3)6-7-15-9-13/h10,15H,6-9H2,1-5H3,(H,16,17). The van der Waals surface area contributed by atoms with Crippen molar-refractivity contribution < 1.29 is 9.53 Å². The van der Waals surface area contributed by atoms with Crippen molar-refractivity contribution in [1.82, 2.24) is 10.6 Å². The molecule has 1 aliphatic heterocycles. The van der Waals surface area contributed by atoms with Gasteiger partial charge in [0.2, 0.25) is 5.91 Å². The zero-order valence-corrected chi connectivity index (χ0v) is 12.2. The monoisotopic (exact) mass is 254 g/mol. The van der Waals surface area contributed by atoms with Gasteiger partial charge in [0.25, 0.3) is 0 Å². The third-order valence-electron chi connectivity index (χ3n) is 5.50. The van der Waals surface area contributed by atoms with Crippen molar-refractivity contribution in [3.63, 3.8) is 0 Å². The molecule has 1 saturated heterocycles. The van der Waals surface area contributed by atoms with Gasteiger partial charge in [0.15, 0.2) is 0 Å². The van der Waals surface area contributed by atoms with Crippen LogP contribution < -0.4 is 10.6 Å². The molecule has 3 atom stereocenters. The summed E-state index contributed by atoms with van der Waals surface area (Å²) in [6.07, 6.45) is 1.82. The lowest BCUT2D eigenvalue weighted by Gasteiger charge is -2.59. The first-order valence-electron chi connectivity index (χ1n) is 6.82. The molecule has 0 aromatic rings. The molecule has 4 heteroatoms. The third-order valence-corrected chi connectivity index (χ3v) is 5.50. The minimum atomic E-state index is -0.241. The summed E-state index contributed by atoms with van der Waals surface area (Å²) in [5.74, 6) is 0.184. The van der Waals surface area contributed by atoms with Gasteiger partial charge >= 0.3 is 0 Å². The quantitative estimate of drug-likeness (QED) is 0.798. The first-order chi connectivity index (χ1) is 8.25. The number of amides is 1. The molecule has 4 nitrogen and oxygen atoms in total. The van der Waals surface area contributed by atoms with Crippen LogP contribution in [0.3, 0.4) is 0 Å². The van der Waals surface area contributed by atoms with Crippen LogP contribution in [0.25, 0.3) is 0 Å². The van der Waals surface area contributed by atoms with Crippen LogP contribution in [0.5, 0.6) is 0 Å². The molecule has 1 amide bonds. The van der Waals surface area contributed by atoms with Crippen LogP contribution in [0.15, 0.2) is 0 Å². The van der Waals surface area contributed by atoms with Crippen molar-refractivity contribution in [1.29, 1.82) is 0 Å². The summed E-state index contributed by atoms with van der Waals surface area (Å²) in [7, 11) is 1.75. The topological polar surface area (TPSA) is 50.4 Å². The number of ether oxygens (including phenoxy) is 1. The summed E-state index contributed by atoms with van der Waals surface area (Å²) in [4.78, 5) is 12.4. The van der Waals surface area contributed by atoms with Gasteiger partial charge < -0.3 is 15.4 Å². The van der Waals surface area contributed by atoms with E-state index in [1.165, 1.54) is 0 Å². The van der Waals surface area contributed by atoms with E-state index in [-0.39, 0.29) is 28.4 Å². The van der Waals surface area contributed by atoms with E-state index < -0.39 is 0 Å². The molecule has 1 saturated carbocycles. The molecule has 104 valence electrons. The van der Waals surface area contributed by atoms with Gasteiger partial charge in [0, 0.05) is 25.1 Å². The van der Waals surface area contributed by atoms with Crippen molar-refractivity contribution in [2.75, 3.05) is 20.2 Å². The van der Waals surface area contributed by atoms with E-state index in [0.717, 1.165) is 25.9 Å². The van der Waals surface area contributed by atoms with Crippen molar-refractivity contribution >= 4 is 5.91 Å². The Morgan fingerprint density at radius 3 is 2.44 bits per heavy atom. The van der Waals surface area contributed by atoms with Crippen molar-refractivity contribution in [2.45, 2.75) is 52.2 Å². The van der Waals surface area contributed by atoms with Gasteiger partial charge in [-0.1, -0.05) is 13.8 Å². The van der Waals surface area contributed by atoms with Crippen LogP contribution in [-0.2, 0) is 9.53 Å². The third kappa shape index (κ3) is 1.86. The Balaban J connectivity index is 1.98. The maximum absolute atomic E-state index is 12.4. The second kappa shape index (κ2) is 4.20. The molecule has 0 spiro atoms. The lowest BCUT2D eigenvalue weighted by Crippen LogP contribution is -2.69. The highest BCUT2D eigenvalue weighted by Gasteiger charge is 2.58. The number of rotatable bonds is 3. The van der Waals surface area contributed by atoms with Crippen molar-refractivity contribution in [3.8, 4) is 0 Å². The van der Waals surface area contributed by atoms with Crippen LogP contribution in [0, 0.1) is 10.8 Å². The van der Waals surface area contributed by atoms with E-state index in [4.69, 9.17) is 4.74 Å². The summed E-state index contributed by atoms with van der Waals surface area (Å²) in [5.41, 5.74) is -0.380. The minimum absolute atomic E-state index is 0.0141. The van der Waals surface area contributed by atoms with Crippen LogP contribution in [-0.4, -0.2) is 37.7 Å². The van der Waals surface area contributed by atoms with Crippen molar-refractivity contribution in [3.05, 3.63) is 0 Å². The Morgan fingerprint density at radius 1 is 1.33 bits per heavy atom. The average Bonchev–Trinajstić information content (AvgIpc) is 2.76. The fraction of sp³-hybridized carbons (Fsp3) is 0.929. The summed E-state index contributed by atoms with van der Waals surface area (Å²) < 4.78 is 5.59. The van der Waals surface area contributed by atoms with Gasteiger partial charge in [0.1, 0.15) is 0 Å². The Morgan fingerprint density at radius 2 is 2.00 bits per heavy atom. The van der Waals surface area contributed by atoms with E-state index in [9.17, 15) is 4.79 Å². The zero-order chi connectivity index (χ0) is 13.6. The number of methoxy groups -OCH3 is 1. The highest BCUT2D eigenvalue weighted by Crippen LogP contribution is 2.51. The Kier molecular flexibility index (Phi) is 3.23. The average molecular weight is 254 g/mol. The lowest BCUT2D eigenvalue weighted by atomic mass is 9.55. The highest BCUT2D eigenvalue weighted by molar-refractivity contribution is 5.83. The summed E-state index contributed by atoms with van der Waals surface area (Å²) >= 11 is 0. The van der Waals surface area contributed by atoms with E-state index in [1.807, 2.05) is 6.92 Å². The maximum Gasteiger partial charge on any atom is 0.227 e. The number of carbonyl (C=O) groups is 1. The molecule has 2 fully saturated rings. The van der Waals surface area contributed by atoms with Crippen LogP contribution >= 0.6 is 0 Å². The second-order valence-electron chi connectivity index (χ2n) is 6.87. The molecule has 2 N–H and O–H groups in total. The fourth-order valence-electron chi connectivity index (χ4n) is 3.07. The molecule has 1 aliphatic carbocycles. The molecule has 18 heavy (non-hydrogen) atoms. The molecular weight excluding hydrogens is 228 g/mol. The van der Waals surface area contributed by atoms with Crippen LogP contribution in [0.4, 0.5) is 0 Å². The molecule has 2 rings (SSSR count).